The van der Waals surface area contributed by atoms with E-state index < -0.39 is 41.5 Å². The molecule has 0 radical (unpaired) electrons. The number of rotatable bonds is 5. The summed E-state index contributed by atoms with van der Waals surface area (Å²) < 4.78 is 32.4. The van der Waals surface area contributed by atoms with E-state index in [0.29, 0.717) is 11.4 Å². The highest BCUT2D eigenvalue weighted by Crippen LogP contribution is 2.31. The van der Waals surface area contributed by atoms with Crippen molar-refractivity contribution in [1.82, 2.24) is 10.6 Å². The van der Waals surface area contributed by atoms with Crippen LogP contribution in [-0.4, -0.2) is 36.9 Å². The van der Waals surface area contributed by atoms with Crippen molar-refractivity contribution in [1.29, 1.82) is 0 Å². The minimum atomic E-state index is -1.14. The second kappa shape index (κ2) is 9.11. The Labute approximate surface area is 178 Å². The number of carbonyl (C=O) groups is 3. The second-order valence-electron chi connectivity index (χ2n) is 7.39. The maximum atomic E-state index is 13.3. The number of hydrogen-bond donors (Lipinski definition) is 2. The maximum Gasteiger partial charge on any atom is 0.253 e. The van der Waals surface area contributed by atoms with Crippen LogP contribution in [0.4, 0.5) is 14.5 Å². The highest BCUT2D eigenvalue weighted by Gasteiger charge is 2.37. The van der Waals surface area contributed by atoms with Gasteiger partial charge in [0.15, 0.2) is 0 Å². The zero-order chi connectivity index (χ0) is 22.7. The number of amides is 3. The van der Waals surface area contributed by atoms with Gasteiger partial charge in [-0.25, -0.2) is 8.78 Å². The monoisotopic (exact) mass is 431 g/mol. The zero-order valence-electron chi connectivity index (χ0n) is 17.3. The van der Waals surface area contributed by atoms with Gasteiger partial charge in [0.05, 0.1) is 5.69 Å². The number of para-hydroxylation sites is 2. The van der Waals surface area contributed by atoms with Crippen LogP contribution in [0.25, 0.3) is 0 Å². The van der Waals surface area contributed by atoms with E-state index in [9.17, 15) is 23.2 Å². The number of likely N-dealkylation sites (N-methyl/N-ethyl adjacent to an activating group) is 1. The molecule has 1 aliphatic heterocycles. The summed E-state index contributed by atoms with van der Waals surface area (Å²) in [6.45, 7) is 2.88. The Kier molecular flexibility index (Phi) is 6.53. The predicted molar refractivity (Wildman–Crippen MR) is 109 cm³/mol. The summed E-state index contributed by atoms with van der Waals surface area (Å²) in [6, 6.07) is 8.91. The van der Waals surface area contributed by atoms with Crippen LogP contribution < -0.4 is 20.3 Å². The first-order chi connectivity index (χ1) is 14.7. The van der Waals surface area contributed by atoms with Gasteiger partial charge in [-0.05, 0) is 43.7 Å². The maximum absolute atomic E-state index is 13.3. The molecule has 0 spiro atoms. The third-order valence-electron chi connectivity index (χ3n) is 5.08. The van der Waals surface area contributed by atoms with Gasteiger partial charge in [0.25, 0.3) is 5.91 Å². The quantitative estimate of drug-likeness (QED) is 0.711. The van der Waals surface area contributed by atoms with Crippen LogP contribution >= 0.6 is 0 Å². The molecule has 2 N–H and O–H groups in total. The average Bonchev–Trinajstić information content (AvgIpc) is 2.81. The fourth-order valence-corrected chi connectivity index (χ4v) is 3.26. The van der Waals surface area contributed by atoms with Gasteiger partial charge in [0.2, 0.25) is 11.8 Å². The number of hydrogen-bond acceptors (Lipinski definition) is 4. The molecule has 0 fully saturated rings. The van der Waals surface area contributed by atoms with Gasteiger partial charge in [-0.15, -0.1) is 0 Å². The molecule has 0 bridgehead atoms. The molecule has 2 aromatic carbocycles. The number of halogens is 2. The lowest BCUT2D eigenvalue weighted by Crippen LogP contribution is -2.55. The molecular formula is C22H23F2N3O4. The molecule has 0 aromatic heterocycles. The van der Waals surface area contributed by atoms with Crippen LogP contribution in [0, 0.1) is 17.6 Å². The van der Waals surface area contributed by atoms with Crippen LogP contribution in [0.5, 0.6) is 5.75 Å². The first-order valence-corrected chi connectivity index (χ1v) is 9.73. The first kappa shape index (κ1) is 22.2. The van der Waals surface area contributed by atoms with Gasteiger partial charge in [0.1, 0.15) is 35.4 Å². The van der Waals surface area contributed by atoms with Gasteiger partial charge in [-0.3, -0.25) is 14.4 Å². The molecule has 9 heteroatoms. The largest absolute Gasteiger partial charge is 0.486 e. The molecule has 7 nitrogen and oxygen atoms in total. The zero-order valence-corrected chi connectivity index (χ0v) is 17.3. The van der Waals surface area contributed by atoms with E-state index in [1.165, 1.54) is 11.8 Å². The first-order valence-electron chi connectivity index (χ1n) is 9.73. The Morgan fingerprint density at radius 1 is 1.13 bits per heavy atom. The molecule has 3 amide bonds. The molecule has 0 saturated carbocycles. The molecule has 0 aliphatic carbocycles. The van der Waals surface area contributed by atoms with Crippen LogP contribution in [0.2, 0.25) is 0 Å². The molecule has 3 rings (SSSR count). The SMILES string of the molecule is CC(C(=O)NCc1cc(F)cc(F)c1)C(=O)N[C@@H]1C(=O)N(C)c2ccccc2O[C@@H]1C. The molecule has 1 heterocycles. The summed E-state index contributed by atoms with van der Waals surface area (Å²) in [5.41, 5.74) is 0.794. The van der Waals surface area contributed by atoms with E-state index in [2.05, 4.69) is 10.6 Å². The van der Waals surface area contributed by atoms with Crippen molar-refractivity contribution in [2.45, 2.75) is 32.5 Å². The van der Waals surface area contributed by atoms with E-state index in [4.69, 9.17) is 4.74 Å². The van der Waals surface area contributed by atoms with E-state index in [1.807, 2.05) is 0 Å². The number of fused-ring (bicyclic) bond motifs is 1. The summed E-state index contributed by atoms with van der Waals surface area (Å²) >= 11 is 0. The second-order valence-corrected chi connectivity index (χ2v) is 7.39. The molecule has 1 unspecified atom stereocenters. The van der Waals surface area contributed by atoms with Crippen LogP contribution in [0.3, 0.4) is 0 Å². The van der Waals surface area contributed by atoms with E-state index in [0.717, 1.165) is 18.2 Å². The molecule has 3 atom stereocenters. The highest BCUT2D eigenvalue weighted by molar-refractivity contribution is 6.04. The van der Waals surface area contributed by atoms with E-state index in [-0.39, 0.29) is 18.0 Å². The van der Waals surface area contributed by atoms with Crippen molar-refractivity contribution in [3.8, 4) is 5.75 Å². The topological polar surface area (TPSA) is 87.7 Å². The minimum absolute atomic E-state index is 0.148. The van der Waals surface area contributed by atoms with E-state index >= 15 is 0 Å². The normalized spacial score (nSPS) is 19.0. The lowest BCUT2D eigenvalue weighted by molar-refractivity contribution is -0.137. The van der Waals surface area contributed by atoms with E-state index in [1.54, 1.807) is 38.2 Å². The number of nitrogens with one attached hydrogen (secondary N) is 2. The number of nitrogens with zero attached hydrogens (tertiary/aromatic N) is 1. The van der Waals surface area contributed by atoms with Crippen LogP contribution in [-0.2, 0) is 20.9 Å². The third kappa shape index (κ3) is 4.99. The third-order valence-corrected chi connectivity index (χ3v) is 5.08. The van der Waals surface area contributed by atoms with Crippen molar-refractivity contribution in [3.63, 3.8) is 0 Å². The lowest BCUT2D eigenvalue weighted by Gasteiger charge is -2.25. The van der Waals surface area contributed by atoms with Crippen molar-refractivity contribution < 1.29 is 27.9 Å². The standard InChI is InChI=1S/C22H23F2N3O4/c1-12(20(28)25-11-14-8-15(23)10-16(24)9-14)21(29)26-19-13(2)31-18-7-5-4-6-17(18)27(3)22(19)30/h4-10,12-13,19H,11H2,1-3H3,(H,25,28)(H,26,29)/t12?,13-,19+/m1/s1. The van der Waals surface area contributed by atoms with Crippen molar-refractivity contribution in [2.24, 2.45) is 5.92 Å². The highest BCUT2D eigenvalue weighted by atomic mass is 19.1. The van der Waals surface area contributed by atoms with Gasteiger partial charge >= 0.3 is 0 Å². The Morgan fingerprint density at radius 3 is 2.45 bits per heavy atom. The predicted octanol–water partition coefficient (Wildman–Crippen LogP) is 2.15. The van der Waals surface area contributed by atoms with Gasteiger partial charge in [0, 0.05) is 19.7 Å². The molecule has 2 aromatic rings. The van der Waals surface area contributed by atoms with Gasteiger partial charge in [-0.2, -0.15) is 0 Å². The van der Waals surface area contributed by atoms with Crippen molar-refractivity contribution in [2.75, 3.05) is 11.9 Å². The number of benzene rings is 2. The summed E-state index contributed by atoms with van der Waals surface area (Å²) in [5, 5.41) is 5.05. The Morgan fingerprint density at radius 2 is 1.77 bits per heavy atom. The molecule has 31 heavy (non-hydrogen) atoms. The fourth-order valence-electron chi connectivity index (χ4n) is 3.26. The van der Waals surface area contributed by atoms with Gasteiger partial charge < -0.3 is 20.3 Å². The van der Waals surface area contributed by atoms with Crippen LogP contribution in [0.15, 0.2) is 42.5 Å². The van der Waals surface area contributed by atoms with Crippen molar-refractivity contribution >= 4 is 23.4 Å². The molecule has 1 aliphatic rings. The summed E-state index contributed by atoms with van der Waals surface area (Å²) in [6.07, 6.45) is -0.673. The number of carbonyl (C=O) groups excluding carboxylic acids is 3. The Bertz CT molecular complexity index is 994. The average molecular weight is 431 g/mol. The van der Waals surface area contributed by atoms with Crippen molar-refractivity contribution in [3.05, 3.63) is 59.7 Å². The fraction of sp³-hybridized carbons (Fsp3) is 0.318. The smallest absolute Gasteiger partial charge is 0.253 e. The van der Waals surface area contributed by atoms with Crippen LogP contribution in [0.1, 0.15) is 19.4 Å². The molecule has 0 saturated heterocycles. The number of anilines is 1. The minimum Gasteiger partial charge on any atom is -0.486 e. The Hall–Kier alpha value is -3.49. The lowest BCUT2D eigenvalue weighted by atomic mass is 10.1. The molecule has 164 valence electrons. The summed E-state index contributed by atoms with van der Waals surface area (Å²) in [5.74, 6) is -3.86. The molecular weight excluding hydrogens is 408 g/mol. The van der Waals surface area contributed by atoms with Gasteiger partial charge in [-0.1, -0.05) is 12.1 Å². The number of ether oxygens (including phenoxy) is 1. The Balaban J connectivity index is 1.64. The summed E-state index contributed by atoms with van der Waals surface area (Å²) in [7, 11) is 1.58. The summed E-state index contributed by atoms with van der Waals surface area (Å²) in [4.78, 5) is 39.3.